The summed E-state index contributed by atoms with van der Waals surface area (Å²) in [7, 11) is 1.32. The average molecular weight is 781 g/mol. The predicted octanol–water partition coefficient (Wildman–Crippen LogP) is 9.07. The molecular formula is C49H44N6O4. The minimum Gasteiger partial charge on any atom is -0.467 e. The molecule has 0 aliphatic rings. The third-order valence-corrected chi connectivity index (χ3v) is 10.9. The van der Waals surface area contributed by atoms with Gasteiger partial charge < -0.3 is 9.15 Å². The number of aryl methyl sites for hydroxylation is 2. The zero-order valence-corrected chi connectivity index (χ0v) is 33.3. The molecule has 0 bridgehead atoms. The van der Waals surface area contributed by atoms with E-state index in [2.05, 4.69) is 84.9 Å². The molecule has 8 aromatic rings. The number of nitrogens with zero attached hydrogens (tertiary/aromatic N) is 6. The summed E-state index contributed by atoms with van der Waals surface area (Å²) in [6.07, 6.45) is 4.38. The highest BCUT2D eigenvalue weighted by Gasteiger charge is 2.42. The zero-order chi connectivity index (χ0) is 40.8. The molecule has 0 fully saturated rings. The minimum atomic E-state index is -0.901. The van der Waals surface area contributed by atoms with Crippen molar-refractivity contribution in [3.05, 3.63) is 213 Å². The maximum absolute atomic E-state index is 14.3. The number of hydrogen-bond donors (Lipinski definition) is 0. The van der Waals surface area contributed by atoms with E-state index in [0.717, 1.165) is 57.5 Å². The Morgan fingerprint density at radius 3 is 1.95 bits per heavy atom. The van der Waals surface area contributed by atoms with Gasteiger partial charge in [0.25, 0.3) is 5.56 Å². The van der Waals surface area contributed by atoms with Gasteiger partial charge in [-0.25, -0.2) is 14.5 Å². The monoisotopic (exact) mass is 780 g/mol. The first-order chi connectivity index (χ1) is 28.9. The van der Waals surface area contributed by atoms with Crippen molar-refractivity contribution in [2.75, 3.05) is 7.11 Å². The summed E-state index contributed by atoms with van der Waals surface area (Å²) < 4.78 is 14.1. The normalized spacial score (nSPS) is 11.4. The van der Waals surface area contributed by atoms with Gasteiger partial charge in [0, 0.05) is 17.5 Å². The molecule has 59 heavy (non-hydrogen) atoms. The summed E-state index contributed by atoms with van der Waals surface area (Å²) in [5.41, 5.74) is 7.46. The second-order valence-electron chi connectivity index (χ2n) is 14.5. The molecule has 8 rings (SSSR count). The van der Waals surface area contributed by atoms with Crippen molar-refractivity contribution in [2.45, 2.75) is 51.6 Å². The van der Waals surface area contributed by atoms with Crippen molar-refractivity contribution in [2.24, 2.45) is 0 Å². The van der Waals surface area contributed by atoms with Gasteiger partial charge in [-0.2, -0.15) is 0 Å². The molecule has 5 aromatic carbocycles. The lowest BCUT2D eigenvalue weighted by molar-refractivity contribution is 0.0598. The molecule has 10 heteroatoms. The van der Waals surface area contributed by atoms with Crippen molar-refractivity contribution in [1.29, 1.82) is 0 Å². The molecule has 10 nitrogen and oxygen atoms in total. The van der Waals surface area contributed by atoms with E-state index in [0.29, 0.717) is 35.8 Å². The lowest BCUT2D eigenvalue weighted by Crippen LogP contribution is -2.39. The van der Waals surface area contributed by atoms with Crippen LogP contribution in [-0.2, 0) is 29.7 Å². The van der Waals surface area contributed by atoms with Gasteiger partial charge in [0.15, 0.2) is 5.82 Å². The van der Waals surface area contributed by atoms with Crippen LogP contribution in [0.15, 0.2) is 161 Å². The third-order valence-electron chi connectivity index (χ3n) is 10.9. The first kappa shape index (κ1) is 38.7. The molecule has 0 N–H and O–H groups in total. The minimum absolute atomic E-state index is 0.0610. The fourth-order valence-electron chi connectivity index (χ4n) is 7.99. The van der Waals surface area contributed by atoms with Crippen molar-refractivity contribution in [3.63, 3.8) is 0 Å². The highest BCUT2D eigenvalue weighted by molar-refractivity contribution is 5.90. The van der Waals surface area contributed by atoms with E-state index in [-0.39, 0.29) is 17.7 Å². The van der Waals surface area contributed by atoms with Crippen LogP contribution in [-0.4, -0.2) is 42.8 Å². The van der Waals surface area contributed by atoms with Crippen LogP contribution in [0.4, 0.5) is 0 Å². The van der Waals surface area contributed by atoms with E-state index in [1.165, 1.54) is 13.4 Å². The highest BCUT2D eigenvalue weighted by atomic mass is 16.5. The average Bonchev–Trinajstić information content (AvgIpc) is 3.98. The summed E-state index contributed by atoms with van der Waals surface area (Å²) in [6, 6.07) is 49.1. The Bertz CT molecular complexity index is 2640. The van der Waals surface area contributed by atoms with Gasteiger partial charge in [-0.3, -0.25) is 9.36 Å². The number of esters is 1. The lowest BCUT2D eigenvalue weighted by atomic mass is 9.77. The quantitative estimate of drug-likeness (QED) is 0.0793. The van der Waals surface area contributed by atoms with Crippen molar-refractivity contribution >= 4 is 5.97 Å². The summed E-state index contributed by atoms with van der Waals surface area (Å²) in [4.78, 5) is 31.6. The topological polar surface area (TPSA) is 118 Å². The van der Waals surface area contributed by atoms with Crippen LogP contribution in [0.5, 0.6) is 0 Å². The second-order valence-corrected chi connectivity index (χ2v) is 14.5. The van der Waals surface area contributed by atoms with E-state index in [1.54, 1.807) is 10.6 Å². The molecule has 0 saturated carbocycles. The highest BCUT2D eigenvalue weighted by Crippen LogP contribution is 2.43. The van der Waals surface area contributed by atoms with Crippen LogP contribution >= 0.6 is 0 Å². The molecule has 3 heterocycles. The maximum Gasteiger partial charge on any atom is 0.341 e. The third kappa shape index (κ3) is 7.41. The van der Waals surface area contributed by atoms with Gasteiger partial charge in [-0.1, -0.05) is 153 Å². The zero-order valence-electron chi connectivity index (χ0n) is 33.3. The number of furan rings is 1. The molecule has 0 atom stereocenters. The predicted molar refractivity (Wildman–Crippen MR) is 227 cm³/mol. The SMILES string of the molecule is CCCCc1nc(C)n(Cc2occc2C(=O)OC)c(=O)c1Cc1ccc(-c2ccccc2-c2nnnn2C(c2ccccc2)(c2ccccc2)c2ccccc2)cc1. The molecule has 0 saturated heterocycles. The standard InChI is InChI=1S/C49H44N6O4/c1-4-5-25-44-43(47(56)54(34(2)50-44)33-45-42(30-31-59-45)48(57)58-3)32-35-26-28-36(29-27-35)40-23-15-16-24-41(40)46-51-52-53-55(46)49(37-17-9-6-10-18-37,38-19-11-7-12-20-38)39-21-13-8-14-22-39/h6-24,26-31H,4-5,25,32-33H2,1-3H3. The number of unbranched alkanes of at least 4 members (excludes halogenated alkanes) is 1. The Labute approximate surface area is 342 Å². The smallest absolute Gasteiger partial charge is 0.341 e. The van der Waals surface area contributed by atoms with Crippen LogP contribution in [0.25, 0.3) is 22.5 Å². The molecule has 0 spiro atoms. The fraction of sp³-hybridized carbons (Fsp3) is 0.184. The molecule has 0 unspecified atom stereocenters. The molecule has 0 radical (unpaired) electrons. The van der Waals surface area contributed by atoms with Gasteiger partial charge in [-0.15, -0.1) is 5.10 Å². The Morgan fingerprint density at radius 2 is 1.36 bits per heavy atom. The van der Waals surface area contributed by atoms with Crippen molar-refractivity contribution < 1.29 is 13.9 Å². The second kappa shape index (κ2) is 17.1. The molecule has 3 aromatic heterocycles. The van der Waals surface area contributed by atoms with E-state index in [4.69, 9.17) is 24.5 Å². The Balaban J connectivity index is 1.19. The number of hydrogen-bond acceptors (Lipinski definition) is 8. The molecule has 0 amide bonds. The van der Waals surface area contributed by atoms with Gasteiger partial charge in [-0.05, 0) is 69.6 Å². The van der Waals surface area contributed by atoms with E-state index >= 15 is 0 Å². The van der Waals surface area contributed by atoms with Crippen LogP contribution < -0.4 is 5.56 Å². The van der Waals surface area contributed by atoms with Crippen LogP contribution in [0, 0.1) is 6.92 Å². The van der Waals surface area contributed by atoms with Crippen molar-refractivity contribution in [3.8, 4) is 22.5 Å². The number of carbonyl (C=O) groups excluding carboxylic acids is 1. The number of benzene rings is 5. The van der Waals surface area contributed by atoms with Gasteiger partial charge in [0.1, 0.15) is 22.7 Å². The molecule has 294 valence electrons. The lowest BCUT2D eigenvalue weighted by Gasteiger charge is -2.36. The summed E-state index contributed by atoms with van der Waals surface area (Å²) >= 11 is 0. The number of aromatic nitrogens is 6. The number of rotatable bonds is 14. The maximum atomic E-state index is 14.3. The summed E-state index contributed by atoms with van der Waals surface area (Å²) in [5.74, 6) is 0.995. The Morgan fingerprint density at radius 1 is 0.763 bits per heavy atom. The number of methoxy groups -OCH3 is 1. The van der Waals surface area contributed by atoms with Crippen LogP contribution in [0.3, 0.4) is 0 Å². The summed E-state index contributed by atoms with van der Waals surface area (Å²) in [6.45, 7) is 4.00. The molecular weight excluding hydrogens is 737 g/mol. The van der Waals surface area contributed by atoms with Crippen molar-refractivity contribution in [1.82, 2.24) is 29.8 Å². The fourth-order valence-corrected chi connectivity index (χ4v) is 7.99. The van der Waals surface area contributed by atoms with Crippen LogP contribution in [0.2, 0.25) is 0 Å². The number of carbonyl (C=O) groups is 1. The first-order valence-electron chi connectivity index (χ1n) is 19.8. The van der Waals surface area contributed by atoms with Gasteiger partial charge >= 0.3 is 5.97 Å². The Hall–Kier alpha value is -7.20. The number of tetrazole rings is 1. The largest absolute Gasteiger partial charge is 0.467 e. The Kier molecular flexibility index (Phi) is 11.2. The molecule has 0 aliphatic heterocycles. The number of ether oxygens (including phenoxy) is 1. The van der Waals surface area contributed by atoms with E-state index < -0.39 is 11.5 Å². The van der Waals surface area contributed by atoms with Gasteiger partial charge in [0.05, 0.1) is 25.6 Å². The molecule has 0 aliphatic carbocycles. The van der Waals surface area contributed by atoms with E-state index in [9.17, 15) is 9.59 Å². The summed E-state index contributed by atoms with van der Waals surface area (Å²) in [5, 5.41) is 13.8. The van der Waals surface area contributed by atoms with E-state index in [1.807, 2.05) is 78.3 Å². The van der Waals surface area contributed by atoms with Crippen LogP contribution in [0.1, 0.15) is 75.2 Å². The first-order valence-corrected chi connectivity index (χ1v) is 19.8. The van der Waals surface area contributed by atoms with Gasteiger partial charge in [0.2, 0.25) is 0 Å².